The molecule has 0 radical (unpaired) electrons. The van der Waals surface area contributed by atoms with Gasteiger partial charge in [-0.25, -0.2) is 9.89 Å². The molecule has 0 fully saturated rings. The van der Waals surface area contributed by atoms with Gasteiger partial charge >= 0.3 is 6.03 Å². The van der Waals surface area contributed by atoms with Gasteiger partial charge in [-0.1, -0.05) is 0 Å². The molecular weight excluding hydrogens is 200 g/mol. The molecule has 82 valence electrons. The minimum atomic E-state index is -0.612. The predicted molar refractivity (Wildman–Crippen MR) is 53.6 cm³/mol. The smallest absolute Gasteiger partial charge is 0.320 e. The van der Waals surface area contributed by atoms with Crippen LogP contribution in [0.5, 0.6) is 0 Å². The van der Waals surface area contributed by atoms with Crippen molar-refractivity contribution in [2.24, 2.45) is 0 Å². The van der Waals surface area contributed by atoms with Gasteiger partial charge in [0.1, 0.15) is 0 Å². The molecule has 15 heavy (non-hydrogen) atoms. The number of hydrogen-bond donors (Lipinski definition) is 4. The van der Waals surface area contributed by atoms with Gasteiger partial charge in [-0.05, 0) is 13.0 Å². The molecule has 0 saturated carbocycles. The fourth-order valence-corrected chi connectivity index (χ4v) is 0.815. The number of aromatic amines is 1. The third kappa shape index (κ3) is 4.23. The van der Waals surface area contributed by atoms with Crippen LogP contribution >= 0.6 is 0 Å². The van der Waals surface area contributed by atoms with Gasteiger partial charge in [0.25, 0.3) is 5.56 Å². The van der Waals surface area contributed by atoms with Crippen LogP contribution in [0, 0.1) is 0 Å². The Labute approximate surface area is 85.5 Å². The fourth-order valence-electron chi connectivity index (χ4n) is 0.815. The maximum Gasteiger partial charge on any atom is 0.320 e. The van der Waals surface area contributed by atoms with Gasteiger partial charge < -0.3 is 10.4 Å². The summed E-state index contributed by atoms with van der Waals surface area (Å²) >= 11 is 0. The van der Waals surface area contributed by atoms with Crippen LogP contribution in [-0.2, 0) is 0 Å². The van der Waals surface area contributed by atoms with Crippen molar-refractivity contribution in [1.82, 2.24) is 15.5 Å². The first-order valence-corrected chi connectivity index (χ1v) is 4.36. The van der Waals surface area contributed by atoms with Crippen molar-refractivity contribution in [2.75, 3.05) is 11.9 Å². The summed E-state index contributed by atoms with van der Waals surface area (Å²) in [7, 11) is 0. The fraction of sp³-hybridized carbons (Fsp3) is 0.375. The molecule has 0 aliphatic heterocycles. The third-order valence-corrected chi connectivity index (χ3v) is 1.48. The van der Waals surface area contributed by atoms with Crippen LogP contribution in [0.15, 0.2) is 16.9 Å². The molecule has 7 heteroatoms. The average molecular weight is 212 g/mol. The lowest BCUT2D eigenvalue weighted by Gasteiger charge is -2.07. The van der Waals surface area contributed by atoms with E-state index in [1.165, 1.54) is 12.1 Å². The van der Waals surface area contributed by atoms with E-state index in [-0.39, 0.29) is 17.9 Å². The number of aliphatic hydroxyl groups is 1. The number of aromatic nitrogens is 2. The number of anilines is 1. The first kappa shape index (κ1) is 11.2. The van der Waals surface area contributed by atoms with Crippen LogP contribution in [0.2, 0.25) is 0 Å². The monoisotopic (exact) mass is 212 g/mol. The zero-order valence-electron chi connectivity index (χ0n) is 8.15. The zero-order valence-corrected chi connectivity index (χ0v) is 8.15. The molecule has 0 bridgehead atoms. The van der Waals surface area contributed by atoms with E-state index in [2.05, 4.69) is 20.8 Å². The maximum absolute atomic E-state index is 11.1. The summed E-state index contributed by atoms with van der Waals surface area (Å²) in [5, 5.41) is 19.4. The minimum Gasteiger partial charge on any atom is -0.392 e. The molecule has 1 aromatic heterocycles. The van der Waals surface area contributed by atoms with Gasteiger partial charge in [0.05, 0.1) is 6.10 Å². The molecule has 2 amide bonds. The van der Waals surface area contributed by atoms with Crippen molar-refractivity contribution in [3.05, 3.63) is 22.5 Å². The SMILES string of the molecule is CC(O)CNC(=O)Nc1ccc(=O)[nH]n1. The van der Waals surface area contributed by atoms with Gasteiger partial charge in [-0.3, -0.25) is 10.1 Å². The van der Waals surface area contributed by atoms with Gasteiger partial charge in [0.15, 0.2) is 5.82 Å². The van der Waals surface area contributed by atoms with Crippen molar-refractivity contribution in [1.29, 1.82) is 0 Å². The quantitative estimate of drug-likeness (QED) is 0.530. The molecule has 7 nitrogen and oxygen atoms in total. The first-order valence-electron chi connectivity index (χ1n) is 4.36. The summed E-state index contributed by atoms with van der Waals surface area (Å²) in [5.74, 6) is 0.234. The number of hydrogen-bond acceptors (Lipinski definition) is 4. The molecule has 1 aromatic rings. The van der Waals surface area contributed by atoms with E-state index in [1.54, 1.807) is 6.92 Å². The number of nitrogens with one attached hydrogen (secondary N) is 3. The lowest BCUT2D eigenvalue weighted by molar-refractivity contribution is 0.190. The molecule has 1 unspecified atom stereocenters. The number of aliphatic hydroxyl groups excluding tert-OH is 1. The summed E-state index contributed by atoms with van der Waals surface area (Å²) < 4.78 is 0. The predicted octanol–water partition coefficient (Wildman–Crippen LogP) is -0.728. The lowest BCUT2D eigenvalue weighted by atomic mass is 10.4. The highest BCUT2D eigenvalue weighted by molar-refractivity contribution is 5.87. The van der Waals surface area contributed by atoms with Crippen LogP contribution in [0.1, 0.15) is 6.92 Å². The number of urea groups is 1. The molecule has 1 rings (SSSR count). The van der Waals surface area contributed by atoms with Crippen molar-refractivity contribution < 1.29 is 9.90 Å². The second-order valence-corrected chi connectivity index (χ2v) is 2.99. The molecule has 0 aromatic carbocycles. The molecule has 4 N–H and O–H groups in total. The van der Waals surface area contributed by atoms with Crippen molar-refractivity contribution in [3.63, 3.8) is 0 Å². The number of carbonyl (C=O) groups excluding carboxylic acids is 1. The second kappa shape index (κ2) is 5.11. The van der Waals surface area contributed by atoms with Crippen molar-refractivity contribution in [3.8, 4) is 0 Å². The molecule has 0 aliphatic carbocycles. The second-order valence-electron chi connectivity index (χ2n) is 2.99. The topological polar surface area (TPSA) is 107 Å². The van der Waals surface area contributed by atoms with E-state index >= 15 is 0 Å². The summed E-state index contributed by atoms with van der Waals surface area (Å²) in [4.78, 5) is 21.8. The van der Waals surface area contributed by atoms with Crippen LogP contribution in [0.4, 0.5) is 10.6 Å². The van der Waals surface area contributed by atoms with Gasteiger partial charge in [-0.2, -0.15) is 5.10 Å². The van der Waals surface area contributed by atoms with Crippen molar-refractivity contribution >= 4 is 11.8 Å². The Balaban J connectivity index is 2.44. The molecule has 0 spiro atoms. The zero-order chi connectivity index (χ0) is 11.3. The van der Waals surface area contributed by atoms with Crippen LogP contribution in [0.25, 0.3) is 0 Å². The summed E-state index contributed by atoms with van der Waals surface area (Å²) in [6.45, 7) is 1.70. The maximum atomic E-state index is 11.1. The Bertz CT molecular complexity index is 367. The summed E-state index contributed by atoms with van der Waals surface area (Å²) in [5.41, 5.74) is -0.343. The Morgan fingerprint density at radius 2 is 2.40 bits per heavy atom. The molecular formula is C8H12N4O3. The average Bonchev–Trinajstić information content (AvgIpc) is 2.19. The summed E-state index contributed by atoms with van der Waals surface area (Å²) in [6, 6.07) is 2.13. The third-order valence-electron chi connectivity index (χ3n) is 1.48. The lowest BCUT2D eigenvalue weighted by Crippen LogP contribution is -2.34. The number of rotatable bonds is 3. The highest BCUT2D eigenvalue weighted by Crippen LogP contribution is 1.94. The van der Waals surface area contributed by atoms with E-state index in [9.17, 15) is 9.59 Å². The molecule has 1 heterocycles. The Morgan fingerprint density at radius 3 is 2.93 bits per heavy atom. The van der Waals surface area contributed by atoms with E-state index < -0.39 is 12.1 Å². The largest absolute Gasteiger partial charge is 0.392 e. The van der Waals surface area contributed by atoms with Crippen LogP contribution in [0.3, 0.4) is 0 Å². The van der Waals surface area contributed by atoms with E-state index in [0.29, 0.717) is 0 Å². The molecule has 0 saturated heterocycles. The number of H-pyrrole nitrogens is 1. The van der Waals surface area contributed by atoms with E-state index in [0.717, 1.165) is 0 Å². The first-order chi connectivity index (χ1) is 7.08. The molecule has 1 atom stereocenters. The number of amides is 2. The van der Waals surface area contributed by atoms with Crippen molar-refractivity contribution in [2.45, 2.75) is 13.0 Å². The Kier molecular flexibility index (Phi) is 3.81. The number of carbonyl (C=O) groups is 1. The van der Waals surface area contributed by atoms with Crippen LogP contribution in [-0.4, -0.2) is 34.0 Å². The minimum absolute atomic E-state index is 0.148. The Morgan fingerprint density at radius 1 is 1.67 bits per heavy atom. The standard InChI is InChI=1S/C8H12N4O3/c1-5(13)4-9-8(15)10-6-2-3-7(14)12-11-6/h2-3,5,13H,4H2,1H3,(H,12,14)(H2,9,10,11,15). The van der Waals surface area contributed by atoms with Crippen LogP contribution < -0.4 is 16.2 Å². The molecule has 0 aliphatic rings. The van der Waals surface area contributed by atoms with Gasteiger partial charge in [-0.15, -0.1) is 0 Å². The number of nitrogens with zero attached hydrogens (tertiary/aromatic N) is 1. The van der Waals surface area contributed by atoms with E-state index in [4.69, 9.17) is 5.11 Å². The van der Waals surface area contributed by atoms with Gasteiger partial charge in [0.2, 0.25) is 0 Å². The normalized spacial score (nSPS) is 11.9. The Hall–Kier alpha value is -1.89. The highest BCUT2D eigenvalue weighted by Gasteiger charge is 2.03. The van der Waals surface area contributed by atoms with E-state index in [1.807, 2.05) is 0 Å². The highest BCUT2D eigenvalue weighted by atomic mass is 16.3. The summed E-state index contributed by atoms with van der Waals surface area (Å²) in [6.07, 6.45) is -0.612. The van der Waals surface area contributed by atoms with Gasteiger partial charge in [0, 0.05) is 12.6 Å².